The lowest BCUT2D eigenvalue weighted by atomic mass is 10.2. The number of hydrogen-bond donors (Lipinski definition) is 2. The maximum Gasteiger partial charge on any atom is 0.191 e. The van der Waals surface area contributed by atoms with Crippen LogP contribution in [0, 0.1) is 0 Å². The molecule has 0 fully saturated rings. The van der Waals surface area contributed by atoms with Crippen LogP contribution < -0.4 is 10.6 Å². The first-order chi connectivity index (χ1) is 12.6. The minimum absolute atomic E-state index is 0. The summed E-state index contributed by atoms with van der Waals surface area (Å²) >= 11 is 0. The number of benzene rings is 1. The molecule has 7 nitrogen and oxygen atoms in total. The van der Waals surface area contributed by atoms with Crippen LogP contribution in [-0.4, -0.2) is 59.2 Å². The van der Waals surface area contributed by atoms with Crippen molar-refractivity contribution in [3.63, 3.8) is 0 Å². The van der Waals surface area contributed by atoms with Crippen LogP contribution in [0.15, 0.2) is 40.2 Å². The zero-order chi connectivity index (χ0) is 20.5. The normalized spacial score (nSPS) is 14.6. The highest BCUT2D eigenvalue weighted by molar-refractivity contribution is 14.0. The maximum absolute atomic E-state index is 12.6. The van der Waals surface area contributed by atoms with E-state index in [9.17, 15) is 16.8 Å². The molecule has 162 valence electrons. The second-order valence-corrected chi connectivity index (χ2v) is 10.9. The predicted octanol–water partition coefficient (Wildman–Crippen LogP) is 2.24. The number of hydrogen-bond acceptors (Lipinski definition) is 5. The molecule has 1 rings (SSSR count). The van der Waals surface area contributed by atoms with E-state index < -0.39 is 19.7 Å². The van der Waals surface area contributed by atoms with Crippen molar-refractivity contribution in [2.24, 2.45) is 4.99 Å². The first-order valence-corrected chi connectivity index (χ1v) is 12.8. The summed E-state index contributed by atoms with van der Waals surface area (Å²) in [5.41, 5.74) is 0. The Morgan fingerprint density at radius 1 is 1.07 bits per heavy atom. The highest BCUT2D eigenvalue weighted by Gasteiger charge is 2.21. The van der Waals surface area contributed by atoms with Crippen molar-refractivity contribution < 1.29 is 16.8 Å². The molecule has 2 unspecified atom stereocenters. The molecule has 0 saturated carbocycles. The van der Waals surface area contributed by atoms with E-state index in [-0.39, 0.29) is 47.6 Å². The third-order valence-electron chi connectivity index (χ3n) is 3.98. The number of halogens is 1. The monoisotopic (exact) mass is 545 g/mol. The zero-order valence-corrected chi connectivity index (χ0v) is 20.8. The first kappa shape index (κ1) is 27.1. The van der Waals surface area contributed by atoms with Crippen LogP contribution >= 0.6 is 24.0 Å². The number of rotatable bonds is 10. The van der Waals surface area contributed by atoms with E-state index >= 15 is 0 Å². The van der Waals surface area contributed by atoms with Gasteiger partial charge in [0.25, 0.3) is 0 Å². The van der Waals surface area contributed by atoms with E-state index in [2.05, 4.69) is 15.6 Å². The highest BCUT2D eigenvalue weighted by atomic mass is 127. The number of nitrogens with zero attached hydrogens (tertiary/aromatic N) is 1. The molecule has 1 aromatic carbocycles. The molecule has 2 N–H and O–H groups in total. The van der Waals surface area contributed by atoms with Gasteiger partial charge < -0.3 is 10.6 Å². The fourth-order valence-corrected chi connectivity index (χ4v) is 4.83. The standard InChI is InChI=1S/C18H31N3O4S2.HI/c1-5-16(14-27(24,25)17-10-8-7-9-11-17)21-18(19-6-2)20-15(3)12-13-26(4,22)23;/h7-11,15-16H,5-6,12-14H2,1-4H3,(H2,19,20,21);1H. The summed E-state index contributed by atoms with van der Waals surface area (Å²) in [4.78, 5) is 4.65. The van der Waals surface area contributed by atoms with Gasteiger partial charge in [0.15, 0.2) is 15.8 Å². The fraction of sp³-hybridized carbons (Fsp3) is 0.611. The molecule has 0 heterocycles. The topological polar surface area (TPSA) is 105 Å². The third kappa shape index (κ3) is 10.6. The summed E-state index contributed by atoms with van der Waals surface area (Å²) < 4.78 is 47.9. The molecule has 0 saturated heterocycles. The lowest BCUT2D eigenvalue weighted by Gasteiger charge is -2.23. The average Bonchev–Trinajstić information content (AvgIpc) is 2.59. The molecule has 0 aromatic heterocycles. The van der Waals surface area contributed by atoms with Crippen molar-refractivity contribution in [3.05, 3.63) is 30.3 Å². The van der Waals surface area contributed by atoms with Gasteiger partial charge in [-0.05, 0) is 38.8 Å². The van der Waals surface area contributed by atoms with Gasteiger partial charge in [-0.25, -0.2) is 16.8 Å². The van der Waals surface area contributed by atoms with Crippen molar-refractivity contribution in [1.29, 1.82) is 0 Å². The average molecular weight is 546 g/mol. The Balaban J connectivity index is 0.00000729. The Kier molecular flexibility index (Phi) is 12.2. The van der Waals surface area contributed by atoms with Gasteiger partial charge in [-0.2, -0.15) is 0 Å². The van der Waals surface area contributed by atoms with Crippen LogP contribution in [0.25, 0.3) is 0 Å². The summed E-state index contributed by atoms with van der Waals surface area (Å²) in [7, 11) is -6.44. The van der Waals surface area contributed by atoms with Crippen molar-refractivity contribution in [3.8, 4) is 0 Å². The van der Waals surface area contributed by atoms with Crippen LogP contribution in [0.5, 0.6) is 0 Å². The number of aliphatic imine (C=N–C) groups is 1. The molecule has 1 aromatic rings. The van der Waals surface area contributed by atoms with E-state index in [0.29, 0.717) is 30.2 Å². The molecule has 10 heteroatoms. The number of nitrogens with one attached hydrogen (secondary N) is 2. The van der Waals surface area contributed by atoms with Crippen molar-refractivity contribution in [1.82, 2.24) is 10.6 Å². The van der Waals surface area contributed by atoms with Crippen LogP contribution in [-0.2, 0) is 19.7 Å². The Hall–Kier alpha value is -0.880. The maximum atomic E-state index is 12.6. The van der Waals surface area contributed by atoms with E-state index in [1.807, 2.05) is 20.8 Å². The molecule has 0 amide bonds. The van der Waals surface area contributed by atoms with Crippen molar-refractivity contribution >= 4 is 49.6 Å². The lowest BCUT2D eigenvalue weighted by Crippen LogP contribution is -2.49. The Labute approximate surface area is 186 Å². The SMILES string of the molecule is CCN=C(NC(C)CCS(C)(=O)=O)NC(CC)CS(=O)(=O)c1ccccc1.I. The molecule has 0 aliphatic heterocycles. The molecular formula is C18H32IN3O4S2. The van der Waals surface area contributed by atoms with Gasteiger partial charge >= 0.3 is 0 Å². The molecular weight excluding hydrogens is 513 g/mol. The van der Waals surface area contributed by atoms with Crippen LogP contribution in [0.1, 0.15) is 33.6 Å². The summed E-state index contributed by atoms with van der Waals surface area (Å²) in [6, 6.07) is 7.95. The predicted molar refractivity (Wildman–Crippen MR) is 126 cm³/mol. The molecule has 28 heavy (non-hydrogen) atoms. The second-order valence-electron chi connectivity index (χ2n) is 6.63. The van der Waals surface area contributed by atoms with E-state index in [1.54, 1.807) is 30.3 Å². The Bertz CT molecular complexity index is 812. The largest absolute Gasteiger partial charge is 0.354 e. The Morgan fingerprint density at radius 2 is 1.68 bits per heavy atom. The summed E-state index contributed by atoms with van der Waals surface area (Å²) in [5.74, 6) is 0.532. The van der Waals surface area contributed by atoms with Gasteiger partial charge in [-0.1, -0.05) is 25.1 Å². The summed E-state index contributed by atoms with van der Waals surface area (Å²) in [6.07, 6.45) is 2.26. The summed E-state index contributed by atoms with van der Waals surface area (Å²) in [6.45, 7) is 6.19. The zero-order valence-electron chi connectivity index (χ0n) is 16.9. The third-order valence-corrected chi connectivity index (χ3v) is 6.79. The first-order valence-electron chi connectivity index (χ1n) is 9.10. The minimum atomic E-state index is -3.41. The van der Waals surface area contributed by atoms with Crippen molar-refractivity contribution in [2.45, 2.75) is 50.6 Å². The van der Waals surface area contributed by atoms with Crippen LogP contribution in [0.4, 0.5) is 0 Å². The van der Waals surface area contributed by atoms with Gasteiger partial charge in [0.1, 0.15) is 9.84 Å². The molecule has 0 bridgehead atoms. The Morgan fingerprint density at radius 3 is 2.18 bits per heavy atom. The molecule has 2 atom stereocenters. The van der Waals surface area contributed by atoms with Gasteiger partial charge in [0, 0.05) is 24.9 Å². The van der Waals surface area contributed by atoms with Crippen molar-refractivity contribution in [2.75, 3.05) is 24.3 Å². The molecule has 0 aliphatic carbocycles. The van der Waals surface area contributed by atoms with Crippen LogP contribution in [0.3, 0.4) is 0 Å². The van der Waals surface area contributed by atoms with E-state index in [1.165, 1.54) is 6.26 Å². The van der Waals surface area contributed by atoms with Gasteiger partial charge in [-0.15, -0.1) is 24.0 Å². The smallest absolute Gasteiger partial charge is 0.191 e. The van der Waals surface area contributed by atoms with Gasteiger partial charge in [0.2, 0.25) is 0 Å². The van der Waals surface area contributed by atoms with Crippen LogP contribution in [0.2, 0.25) is 0 Å². The highest BCUT2D eigenvalue weighted by Crippen LogP contribution is 2.12. The summed E-state index contributed by atoms with van der Waals surface area (Å²) in [5, 5.41) is 6.33. The molecule has 0 aliphatic rings. The minimum Gasteiger partial charge on any atom is -0.354 e. The van der Waals surface area contributed by atoms with E-state index in [4.69, 9.17) is 0 Å². The molecule has 0 spiro atoms. The van der Waals surface area contributed by atoms with Gasteiger partial charge in [-0.3, -0.25) is 4.99 Å². The van der Waals surface area contributed by atoms with E-state index in [0.717, 1.165) is 0 Å². The number of guanidine groups is 1. The number of sulfone groups is 2. The fourth-order valence-electron chi connectivity index (χ4n) is 2.43. The molecule has 0 radical (unpaired) electrons. The van der Waals surface area contributed by atoms with Gasteiger partial charge in [0.05, 0.1) is 16.4 Å². The lowest BCUT2D eigenvalue weighted by molar-refractivity contribution is 0.555. The quantitative estimate of drug-likeness (QED) is 0.266. The second kappa shape index (κ2) is 12.6.